The predicted octanol–water partition coefficient (Wildman–Crippen LogP) is 3.93. The second-order valence-electron chi connectivity index (χ2n) is 10.3. The van der Waals surface area contributed by atoms with Gasteiger partial charge in [0.15, 0.2) is 0 Å². The second-order valence-corrected chi connectivity index (χ2v) is 12.2. The summed E-state index contributed by atoms with van der Waals surface area (Å²) in [7, 11) is -4.36. The first kappa shape index (κ1) is 29.6. The molecule has 3 aliphatic heterocycles. The van der Waals surface area contributed by atoms with Gasteiger partial charge in [-0.3, -0.25) is 13.9 Å². The highest BCUT2D eigenvalue weighted by atomic mass is 32.2. The van der Waals surface area contributed by atoms with Crippen molar-refractivity contribution in [3.63, 3.8) is 0 Å². The molecule has 2 unspecified atom stereocenters. The van der Waals surface area contributed by atoms with Gasteiger partial charge in [-0.15, -0.1) is 0 Å². The Bertz CT molecular complexity index is 1370. The van der Waals surface area contributed by atoms with E-state index in [2.05, 4.69) is 5.32 Å². The minimum Gasteiger partial charge on any atom is -0.350 e. The van der Waals surface area contributed by atoms with Gasteiger partial charge in [0.05, 0.1) is 28.7 Å². The van der Waals surface area contributed by atoms with Crippen molar-refractivity contribution in [2.24, 2.45) is 11.7 Å². The first-order valence-corrected chi connectivity index (χ1v) is 14.6. The fourth-order valence-electron chi connectivity index (χ4n) is 4.97. The van der Waals surface area contributed by atoms with Crippen LogP contribution in [0.2, 0.25) is 0 Å². The van der Waals surface area contributed by atoms with Crippen molar-refractivity contribution < 1.29 is 31.2 Å². The van der Waals surface area contributed by atoms with Gasteiger partial charge < -0.3 is 16.0 Å². The van der Waals surface area contributed by atoms with E-state index < -0.39 is 33.7 Å². The Morgan fingerprint density at radius 1 is 1.02 bits per heavy atom. The summed E-state index contributed by atoms with van der Waals surface area (Å²) in [6.07, 6.45) is 0.787. The van der Waals surface area contributed by atoms with Crippen molar-refractivity contribution in [2.75, 3.05) is 23.9 Å². The molecule has 0 aromatic heterocycles. The summed E-state index contributed by atoms with van der Waals surface area (Å²) in [6.45, 7) is 2.75. The van der Waals surface area contributed by atoms with E-state index in [1.165, 1.54) is 30.3 Å². The number of allylic oxidation sites excluding steroid dienone is 1. The fraction of sp³-hybridized carbons (Fsp3) is 0.429. The van der Waals surface area contributed by atoms with Crippen LogP contribution in [0.1, 0.15) is 48.5 Å². The molecule has 0 spiro atoms. The van der Waals surface area contributed by atoms with Crippen LogP contribution in [0.4, 0.5) is 18.9 Å². The van der Waals surface area contributed by atoms with E-state index in [0.717, 1.165) is 22.5 Å². The molecule has 4 bridgehead atoms. The first-order valence-electron chi connectivity index (χ1n) is 13.2. The zero-order valence-electron chi connectivity index (χ0n) is 22.1. The minimum atomic E-state index is -4.66. The molecule has 3 heterocycles. The highest BCUT2D eigenvalue weighted by Crippen LogP contribution is 2.33. The molecule has 0 aliphatic carbocycles. The number of nitrogens with two attached hydrogens (primary N) is 1. The number of carbonyl (C=O) groups excluding carboxylic acids is 2. The molecule has 0 saturated carbocycles. The Labute approximate surface area is 232 Å². The van der Waals surface area contributed by atoms with Crippen LogP contribution in [-0.4, -0.2) is 56.9 Å². The van der Waals surface area contributed by atoms with Gasteiger partial charge in [-0.2, -0.15) is 13.2 Å². The number of fused-ring (bicyclic) bond motifs is 11. The molecule has 3 aliphatic rings. The molecule has 0 radical (unpaired) electrons. The van der Waals surface area contributed by atoms with E-state index >= 15 is 0 Å². The number of sulfonamides is 1. The molecule has 3 N–H and O–H groups in total. The molecule has 1 fully saturated rings. The largest absolute Gasteiger partial charge is 0.416 e. The third-order valence-electron chi connectivity index (χ3n) is 7.12. The van der Waals surface area contributed by atoms with Gasteiger partial charge >= 0.3 is 6.18 Å². The molecule has 2 atom stereocenters. The summed E-state index contributed by atoms with van der Waals surface area (Å²) in [5, 5.41) is 2.87. The maximum Gasteiger partial charge on any atom is 0.416 e. The monoisotopic (exact) mass is 578 g/mol. The summed E-state index contributed by atoms with van der Waals surface area (Å²) in [6, 6.07) is 8.66. The number of alkyl halides is 3. The fourth-order valence-corrected chi connectivity index (χ4v) is 6.43. The molecular weight excluding hydrogens is 545 g/mol. The molecule has 8 nitrogen and oxygen atoms in total. The first-order chi connectivity index (χ1) is 18.9. The van der Waals surface area contributed by atoms with Crippen molar-refractivity contribution >= 4 is 27.5 Å². The number of halogens is 3. The Morgan fingerprint density at radius 3 is 2.48 bits per heavy atom. The summed E-state index contributed by atoms with van der Waals surface area (Å²) < 4.78 is 68.7. The Morgan fingerprint density at radius 2 is 1.75 bits per heavy atom. The van der Waals surface area contributed by atoms with Crippen molar-refractivity contribution in [1.29, 1.82) is 0 Å². The highest BCUT2D eigenvalue weighted by molar-refractivity contribution is 7.92. The molecule has 216 valence electrons. The maximum absolute atomic E-state index is 13.8. The average Bonchev–Trinajstić information content (AvgIpc) is 2.88. The number of carbonyl (C=O) groups is 2. The number of nitrogens with zero attached hydrogens (tertiary/aromatic N) is 2. The van der Waals surface area contributed by atoms with Crippen molar-refractivity contribution in [2.45, 2.75) is 55.8 Å². The van der Waals surface area contributed by atoms with Crippen molar-refractivity contribution in [3.8, 4) is 0 Å². The number of amides is 2. The van der Waals surface area contributed by atoms with Crippen LogP contribution in [0.5, 0.6) is 0 Å². The lowest BCUT2D eigenvalue weighted by Gasteiger charge is -2.41. The summed E-state index contributed by atoms with van der Waals surface area (Å²) in [5.41, 5.74) is 5.06. The second kappa shape index (κ2) is 12.0. The zero-order valence-corrected chi connectivity index (χ0v) is 22.9. The Kier molecular flexibility index (Phi) is 8.89. The number of hydrogen-bond acceptors (Lipinski definition) is 5. The van der Waals surface area contributed by atoms with E-state index in [9.17, 15) is 31.2 Å². The molecule has 2 aromatic carbocycles. The third-order valence-corrected chi connectivity index (χ3v) is 8.91. The molecule has 2 amide bonds. The molecule has 2 aromatic rings. The van der Waals surface area contributed by atoms with Gasteiger partial charge in [0.1, 0.15) is 0 Å². The number of rotatable bonds is 1. The van der Waals surface area contributed by atoms with Gasteiger partial charge in [0.2, 0.25) is 5.91 Å². The average molecular weight is 579 g/mol. The van der Waals surface area contributed by atoms with Crippen LogP contribution < -0.4 is 15.4 Å². The number of nitrogens with one attached hydrogen (secondary N) is 1. The molecule has 5 rings (SSSR count). The van der Waals surface area contributed by atoms with Crippen LogP contribution in [-0.2, 0) is 21.0 Å². The van der Waals surface area contributed by atoms with Gasteiger partial charge in [-0.1, -0.05) is 24.3 Å². The van der Waals surface area contributed by atoms with Crippen molar-refractivity contribution in [3.05, 3.63) is 71.8 Å². The van der Waals surface area contributed by atoms with E-state index in [0.29, 0.717) is 38.8 Å². The molecular formula is C28H33F3N4O4S. The van der Waals surface area contributed by atoms with Gasteiger partial charge in [-0.25, -0.2) is 8.42 Å². The highest BCUT2D eigenvalue weighted by Gasteiger charge is 2.35. The van der Waals surface area contributed by atoms with Crippen LogP contribution in [0.3, 0.4) is 0 Å². The lowest BCUT2D eigenvalue weighted by molar-refractivity contribution is -0.139. The Balaban J connectivity index is 1.68. The molecule has 12 heteroatoms. The maximum atomic E-state index is 13.8. The lowest BCUT2D eigenvalue weighted by Crippen LogP contribution is -2.56. The van der Waals surface area contributed by atoms with Gasteiger partial charge in [0.25, 0.3) is 15.9 Å². The number of hydrogen-bond donors (Lipinski definition) is 2. The third kappa shape index (κ3) is 6.84. The van der Waals surface area contributed by atoms with Crippen LogP contribution in [0, 0.1) is 5.92 Å². The van der Waals surface area contributed by atoms with Crippen molar-refractivity contribution in [1.82, 2.24) is 10.2 Å². The van der Waals surface area contributed by atoms with E-state index in [4.69, 9.17) is 5.73 Å². The van der Waals surface area contributed by atoms with E-state index in [1.54, 1.807) is 17.1 Å². The van der Waals surface area contributed by atoms with E-state index in [-0.39, 0.29) is 40.6 Å². The standard InChI is InChI=1S/C28H33F3N4O4S/c1-19-14-20-17-34(18-20)27(37)25(32)12-4-2-3-5-13-35(23-10-7-9-22(16-23)28(29,30)31)40(38,39)24-11-6-8-21(15-24)26(36)33-19/h3,5-11,15-16,19-20,25H,2,4,12-14,17-18,32H2,1H3,(H,33,36)/b5-3-. The predicted molar refractivity (Wildman–Crippen MR) is 145 cm³/mol. The molecule has 40 heavy (non-hydrogen) atoms. The topological polar surface area (TPSA) is 113 Å². The summed E-state index contributed by atoms with van der Waals surface area (Å²) >= 11 is 0. The summed E-state index contributed by atoms with van der Waals surface area (Å²) in [4.78, 5) is 27.1. The quantitative estimate of drug-likeness (QED) is 0.498. The lowest BCUT2D eigenvalue weighted by atomic mass is 9.91. The Hall–Kier alpha value is -3.38. The van der Waals surface area contributed by atoms with Crippen LogP contribution in [0.25, 0.3) is 0 Å². The number of benzene rings is 2. The minimum absolute atomic E-state index is 0.109. The smallest absolute Gasteiger partial charge is 0.350 e. The van der Waals surface area contributed by atoms with Gasteiger partial charge in [0, 0.05) is 24.7 Å². The van der Waals surface area contributed by atoms with Crippen LogP contribution in [0.15, 0.2) is 65.6 Å². The van der Waals surface area contributed by atoms with Gasteiger partial charge in [-0.05, 0) is 74.9 Å². The molecule has 1 saturated heterocycles. The normalized spacial score (nSPS) is 24.1. The van der Waals surface area contributed by atoms with Crippen LogP contribution >= 0.6 is 0 Å². The zero-order chi connectivity index (χ0) is 29.1. The van der Waals surface area contributed by atoms with E-state index in [1.807, 2.05) is 6.92 Å². The SMILES string of the molecule is CC1CC2CN(C2)C(=O)C(N)CCC/C=C\CN(c2cccc(C(F)(F)F)c2)S(=O)(=O)c2cccc(c2)C(=O)N1. The summed E-state index contributed by atoms with van der Waals surface area (Å²) in [5.74, 6) is -0.378. The number of anilines is 1.